The van der Waals surface area contributed by atoms with E-state index in [1.54, 1.807) is 0 Å². The zero-order valence-corrected chi connectivity index (χ0v) is 9.30. The van der Waals surface area contributed by atoms with Gasteiger partial charge in [-0.05, 0) is 36.1 Å². The van der Waals surface area contributed by atoms with Gasteiger partial charge in [-0.2, -0.15) is 0 Å². The van der Waals surface area contributed by atoms with Crippen LogP contribution in [0.25, 0.3) is 0 Å². The molecule has 1 aromatic carbocycles. The molecule has 2 nitrogen and oxygen atoms in total. The number of anilines is 2. The lowest BCUT2D eigenvalue weighted by molar-refractivity contribution is 0.684. The van der Waals surface area contributed by atoms with E-state index in [0.29, 0.717) is 5.92 Å². The van der Waals surface area contributed by atoms with Crippen molar-refractivity contribution < 1.29 is 0 Å². The molecule has 1 atom stereocenters. The van der Waals surface area contributed by atoms with Crippen molar-refractivity contribution in [2.24, 2.45) is 0 Å². The summed E-state index contributed by atoms with van der Waals surface area (Å²) in [5.74, 6) is 0.643. The number of nitrogens with one attached hydrogen (secondary N) is 1. The molecule has 0 amide bonds. The van der Waals surface area contributed by atoms with Crippen LogP contribution in [0.1, 0.15) is 38.7 Å². The van der Waals surface area contributed by atoms with Gasteiger partial charge in [-0.3, -0.25) is 0 Å². The van der Waals surface area contributed by atoms with Crippen LogP contribution in [0.3, 0.4) is 0 Å². The molecule has 1 aliphatic heterocycles. The Hall–Kier alpha value is -1.18. The maximum atomic E-state index is 5.72. The molecule has 0 fully saturated rings. The topological polar surface area (TPSA) is 38.0 Å². The summed E-state index contributed by atoms with van der Waals surface area (Å²) in [6, 6.07) is 6.09. The lowest BCUT2D eigenvalue weighted by atomic mass is 9.92. The van der Waals surface area contributed by atoms with Gasteiger partial charge in [0.2, 0.25) is 0 Å². The quantitative estimate of drug-likeness (QED) is 0.619. The normalized spacial score (nSPS) is 18.6. The molecule has 0 saturated heterocycles. The maximum absolute atomic E-state index is 5.72. The lowest BCUT2D eigenvalue weighted by Gasteiger charge is -2.23. The van der Waals surface area contributed by atoms with Gasteiger partial charge < -0.3 is 11.1 Å². The molecule has 78 valence electrons. The summed E-state index contributed by atoms with van der Waals surface area (Å²) >= 11 is 0. The predicted octanol–water partition coefficient (Wildman–Crippen LogP) is 3.21. The van der Waals surface area contributed by atoms with E-state index >= 15 is 0 Å². The fraction of sp³-hybridized carbons (Fsp3) is 0.500. The first-order chi connectivity index (χ1) is 6.77. The van der Waals surface area contributed by atoms with Crippen molar-refractivity contribution in [1.82, 2.24) is 0 Å². The fourth-order valence-corrected chi connectivity index (χ4v) is 1.73. The third-order valence-electron chi connectivity index (χ3n) is 2.50. The van der Waals surface area contributed by atoms with Crippen molar-refractivity contribution in [3.8, 4) is 0 Å². The third kappa shape index (κ3) is 2.19. The lowest BCUT2D eigenvalue weighted by Crippen LogP contribution is -2.14. The van der Waals surface area contributed by atoms with Crippen molar-refractivity contribution in [3.05, 3.63) is 23.8 Å². The molecule has 0 spiro atoms. The van der Waals surface area contributed by atoms with Crippen molar-refractivity contribution in [3.63, 3.8) is 0 Å². The van der Waals surface area contributed by atoms with E-state index in [-0.39, 0.29) is 0 Å². The number of fused-ring (bicyclic) bond motifs is 1. The largest absolute Gasteiger partial charge is 0.399 e. The van der Waals surface area contributed by atoms with Crippen LogP contribution >= 0.6 is 0 Å². The first kappa shape index (κ1) is 10.9. The number of benzene rings is 1. The van der Waals surface area contributed by atoms with Crippen LogP contribution in [0.5, 0.6) is 0 Å². The van der Waals surface area contributed by atoms with E-state index in [1.165, 1.54) is 17.7 Å². The zero-order chi connectivity index (χ0) is 10.6. The first-order valence-electron chi connectivity index (χ1n) is 5.40. The summed E-state index contributed by atoms with van der Waals surface area (Å²) < 4.78 is 0. The summed E-state index contributed by atoms with van der Waals surface area (Å²) in [5.41, 5.74) is 9.20. The van der Waals surface area contributed by atoms with Crippen LogP contribution < -0.4 is 11.1 Å². The highest BCUT2D eigenvalue weighted by atomic mass is 14.9. The monoisotopic (exact) mass is 192 g/mol. The Balaban J connectivity index is 0.000000461. The molecule has 0 aromatic heterocycles. The Labute approximate surface area is 86.5 Å². The van der Waals surface area contributed by atoms with Gasteiger partial charge in [-0.15, -0.1) is 0 Å². The third-order valence-corrected chi connectivity index (χ3v) is 2.50. The molecule has 0 saturated carbocycles. The van der Waals surface area contributed by atoms with Gasteiger partial charge in [0.15, 0.2) is 0 Å². The van der Waals surface area contributed by atoms with Gasteiger partial charge in [0, 0.05) is 17.9 Å². The smallest absolute Gasteiger partial charge is 0.0376 e. The van der Waals surface area contributed by atoms with E-state index in [0.717, 1.165) is 12.2 Å². The van der Waals surface area contributed by atoms with E-state index in [4.69, 9.17) is 5.73 Å². The molecule has 1 aliphatic rings. The average Bonchev–Trinajstić information content (AvgIpc) is 2.22. The number of nitrogen functional groups attached to an aromatic ring is 1. The molecule has 1 unspecified atom stereocenters. The first-order valence-corrected chi connectivity index (χ1v) is 5.40. The Morgan fingerprint density at radius 1 is 1.36 bits per heavy atom. The van der Waals surface area contributed by atoms with E-state index in [1.807, 2.05) is 19.9 Å². The molecule has 1 heterocycles. The molecule has 14 heavy (non-hydrogen) atoms. The van der Waals surface area contributed by atoms with E-state index in [9.17, 15) is 0 Å². The second kappa shape index (κ2) is 4.89. The highest BCUT2D eigenvalue weighted by Gasteiger charge is 2.15. The molecule has 2 rings (SSSR count). The second-order valence-corrected chi connectivity index (χ2v) is 3.46. The molecule has 2 heteroatoms. The van der Waals surface area contributed by atoms with Crippen LogP contribution in [0.15, 0.2) is 18.2 Å². The van der Waals surface area contributed by atoms with Crippen molar-refractivity contribution >= 4 is 11.4 Å². The number of hydrogen-bond acceptors (Lipinski definition) is 2. The Bertz CT molecular complexity index is 294. The van der Waals surface area contributed by atoms with Gasteiger partial charge in [-0.1, -0.05) is 20.8 Å². The van der Waals surface area contributed by atoms with Crippen LogP contribution in [-0.4, -0.2) is 6.54 Å². The molecule has 0 aliphatic carbocycles. The summed E-state index contributed by atoms with van der Waals surface area (Å²) in [6.45, 7) is 7.33. The molecule has 0 bridgehead atoms. The minimum atomic E-state index is 0.643. The number of nitrogens with two attached hydrogens (primary N) is 1. The zero-order valence-electron chi connectivity index (χ0n) is 9.30. The van der Waals surface area contributed by atoms with Crippen LogP contribution in [0, 0.1) is 0 Å². The SMILES string of the molecule is CC.CC1CCNc2ccc(N)cc21. The molecule has 1 aromatic rings. The summed E-state index contributed by atoms with van der Waals surface area (Å²) in [7, 11) is 0. The van der Waals surface area contributed by atoms with Crippen molar-refractivity contribution in [1.29, 1.82) is 0 Å². The van der Waals surface area contributed by atoms with Gasteiger partial charge in [-0.25, -0.2) is 0 Å². The Kier molecular flexibility index (Phi) is 3.81. The number of rotatable bonds is 0. The van der Waals surface area contributed by atoms with Crippen LogP contribution in [0.2, 0.25) is 0 Å². The van der Waals surface area contributed by atoms with Gasteiger partial charge in [0.1, 0.15) is 0 Å². The van der Waals surface area contributed by atoms with E-state index < -0.39 is 0 Å². The Morgan fingerprint density at radius 2 is 2.07 bits per heavy atom. The van der Waals surface area contributed by atoms with Crippen LogP contribution in [-0.2, 0) is 0 Å². The van der Waals surface area contributed by atoms with Crippen LogP contribution in [0.4, 0.5) is 11.4 Å². The minimum absolute atomic E-state index is 0.643. The van der Waals surface area contributed by atoms with Crippen molar-refractivity contribution in [2.75, 3.05) is 17.6 Å². The van der Waals surface area contributed by atoms with E-state index in [2.05, 4.69) is 24.4 Å². The summed E-state index contributed by atoms with van der Waals surface area (Å²) in [4.78, 5) is 0. The molecule has 3 N–H and O–H groups in total. The summed E-state index contributed by atoms with van der Waals surface area (Å²) in [5, 5.41) is 3.36. The highest BCUT2D eigenvalue weighted by Crippen LogP contribution is 2.32. The Morgan fingerprint density at radius 3 is 2.79 bits per heavy atom. The predicted molar refractivity (Wildman–Crippen MR) is 63.7 cm³/mol. The average molecular weight is 192 g/mol. The fourth-order valence-electron chi connectivity index (χ4n) is 1.73. The maximum Gasteiger partial charge on any atom is 0.0376 e. The number of hydrogen-bond donors (Lipinski definition) is 2. The minimum Gasteiger partial charge on any atom is -0.399 e. The highest BCUT2D eigenvalue weighted by molar-refractivity contribution is 5.60. The summed E-state index contributed by atoms with van der Waals surface area (Å²) in [6.07, 6.45) is 1.20. The molecule has 0 radical (unpaired) electrons. The standard InChI is InChI=1S/C10H14N2.C2H6/c1-7-4-5-12-10-3-2-8(11)6-9(7)10;1-2/h2-3,6-7,12H,4-5,11H2,1H3;1-2H3. The van der Waals surface area contributed by atoms with Gasteiger partial charge in [0.25, 0.3) is 0 Å². The molecular weight excluding hydrogens is 172 g/mol. The second-order valence-electron chi connectivity index (χ2n) is 3.46. The van der Waals surface area contributed by atoms with Gasteiger partial charge >= 0.3 is 0 Å². The van der Waals surface area contributed by atoms with Gasteiger partial charge in [0.05, 0.1) is 0 Å². The van der Waals surface area contributed by atoms with Crippen molar-refractivity contribution in [2.45, 2.75) is 33.1 Å². The molecular formula is C12H20N2.